The van der Waals surface area contributed by atoms with Crippen LogP contribution in [0.4, 0.5) is 0 Å². The van der Waals surface area contributed by atoms with E-state index in [1.807, 2.05) is 0 Å². The van der Waals surface area contributed by atoms with Crippen LogP contribution >= 0.6 is 0 Å². The Bertz CT molecular complexity index is 467. The van der Waals surface area contributed by atoms with Gasteiger partial charge in [-0.3, -0.25) is 0 Å². The first-order chi connectivity index (χ1) is 20.0. The van der Waals surface area contributed by atoms with Gasteiger partial charge in [0.15, 0.2) is 0 Å². The molecule has 0 fully saturated rings. The lowest BCUT2D eigenvalue weighted by molar-refractivity contribution is 0.369. The van der Waals surface area contributed by atoms with Gasteiger partial charge in [-0.15, -0.1) is 0 Å². The highest BCUT2D eigenvalue weighted by Crippen LogP contribution is 2.24. The van der Waals surface area contributed by atoms with Gasteiger partial charge in [0.2, 0.25) is 0 Å². The van der Waals surface area contributed by atoms with Gasteiger partial charge in [-0.25, -0.2) is 0 Å². The van der Waals surface area contributed by atoms with Crippen molar-refractivity contribution in [2.24, 2.45) is 23.7 Å². The van der Waals surface area contributed by atoms with E-state index in [4.69, 9.17) is 0 Å². The van der Waals surface area contributed by atoms with Crippen molar-refractivity contribution in [3.63, 3.8) is 0 Å². The van der Waals surface area contributed by atoms with Crippen molar-refractivity contribution in [1.82, 2.24) is 0 Å². The molecule has 0 nitrogen and oxygen atoms in total. The molecule has 0 bridgehead atoms. The molecular weight excluding hydrogens is 492 g/mol. The van der Waals surface area contributed by atoms with Crippen LogP contribution in [-0.4, -0.2) is 0 Å². The van der Waals surface area contributed by atoms with E-state index >= 15 is 0 Å². The Balaban J connectivity index is 3.46. The summed E-state index contributed by atoms with van der Waals surface area (Å²) in [5, 5.41) is 0. The van der Waals surface area contributed by atoms with Crippen LogP contribution < -0.4 is 0 Å². The molecule has 248 valence electrons. The smallest absolute Gasteiger partial charge is 0.0443 e. The van der Waals surface area contributed by atoms with Gasteiger partial charge >= 0.3 is 0 Å². The molecule has 0 radical (unpaired) electrons. The third-order valence-corrected chi connectivity index (χ3v) is 10.3. The van der Waals surface area contributed by atoms with Crippen molar-refractivity contribution in [3.05, 3.63) is 0 Å². The normalized spacial score (nSPS) is 14.8. The van der Waals surface area contributed by atoms with E-state index in [0.717, 1.165) is 23.7 Å². The number of hydrogen-bond acceptors (Lipinski definition) is 0. The molecule has 4 unspecified atom stereocenters. The summed E-state index contributed by atoms with van der Waals surface area (Å²) in [6, 6.07) is 0. The largest absolute Gasteiger partial charge is 0.0654 e. The summed E-state index contributed by atoms with van der Waals surface area (Å²) in [6.45, 7) is 14.7. The zero-order valence-electron chi connectivity index (χ0n) is 30.2. The third-order valence-electron chi connectivity index (χ3n) is 10.3. The summed E-state index contributed by atoms with van der Waals surface area (Å²) in [5.41, 5.74) is 0. The molecule has 0 aromatic rings. The van der Waals surface area contributed by atoms with E-state index < -0.39 is 0 Å². The van der Waals surface area contributed by atoms with Crippen LogP contribution in [0.1, 0.15) is 241 Å². The van der Waals surface area contributed by atoms with Crippen LogP contribution in [0, 0.1) is 23.7 Å². The van der Waals surface area contributed by atoms with Crippen LogP contribution in [0.3, 0.4) is 0 Å². The van der Waals surface area contributed by atoms with Gasteiger partial charge < -0.3 is 0 Å². The second kappa shape index (κ2) is 32.9. The highest BCUT2D eigenvalue weighted by Gasteiger charge is 2.09. The van der Waals surface area contributed by atoms with E-state index in [2.05, 4.69) is 41.5 Å². The lowest BCUT2D eigenvalue weighted by Gasteiger charge is -2.16. The molecule has 0 saturated carbocycles. The molecular formula is C41H84. The van der Waals surface area contributed by atoms with Gasteiger partial charge in [-0.2, -0.15) is 0 Å². The van der Waals surface area contributed by atoms with Crippen molar-refractivity contribution in [2.45, 2.75) is 241 Å². The molecule has 0 aliphatic heterocycles. The molecule has 0 spiro atoms. The molecule has 4 atom stereocenters. The lowest BCUT2D eigenvalue weighted by Crippen LogP contribution is -2.01. The van der Waals surface area contributed by atoms with E-state index in [-0.39, 0.29) is 0 Å². The number of hydrogen-bond donors (Lipinski definition) is 0. The molecule has 0 aliphatic carbocycles. The monoisotopic (exact) mass is 577 g/mol. The number of rotatable bonds is 34. The standard InChI is InChI=1S/C41H84/c1-7-9-11-13-15-17-18-19-21-23-24-30-38(3)32-26-27-33-40(5)35-29-37-41(6)36-28-34-39(4)31-25-22-20-16-14-12-10-8-2/h38-41H,7-37H2,1-6H3. The summed E-state index contributed by atoms with van der Waals surface area (Å²) < 4.78 is 0. The first kappa shape index (κ1) is 41.0. The molecule has 0 amide bonds. The second-order valence-corrected chi connectivity index (χ2v) is 15.2. The quantitative estimate of drug-likeness (QED) is 0.0668. The van der Waals surface area contributed by atoms with E-state index in [9.17, 15) is 0 Å². The summed E-state index contributed by atoms with van der Waals surface area (Å²) in [6.07, 6.45) is 45.4. The fourth-order valence-corrected chi connectivity index (χ4v) is 6.98. The van der Waals surface area contributed by atoms with Crippen molar-refractivity contribution < 1.29 is 0 Å². The van der Waals surface area contributed by atoms with Crippen molar-refractivity contribution in [3.8, 4) is 0 Å². The van der Waals surface area contributed by atoms with Crippen molar-refractivity contribution in [1.29, 1.82) is 0 Å². The highest BCUT2D eigenvalue weighted by molar-refractivity contribution is 4.62. The highest BCUT2D eigenvalue weighted by atomic mass is 14.1. The predicted octanol–water partition coefficient (Wildman–Crippen LogP) is 15.7. The zero-order chi connectivity index (χ0) is 30.2. The number of unbranched alkanes of at least 4 members (excludes halogenated alkanes) is 18. The molecule has 0 aromatic heterocycles. The van der Waals surface area contributed by atoms with E-state index in [0.29, 0.717) is 0 Å². The molecule has 0 saturated heterocycles. The predicted molar refractivity (Wildman–Crippen MR) is 191 cm³/mol. The zero-order valence-corrected chi connectivity index (χ0v) is 30.2. The Labute approximate surface area is 263 Å². The summed E-state index contributed by atoms with van der Waals surface area (Å²) in [5.74, 6) is 3.78. The molecule has 0 aliphatic rings. The SMILES string of the molecule is CCCCCCCCCCCCCC(C)CCCCC(C)CCCC(C)CCCC(C)CCCCCCCCCC. The van der Waals surface area contributed by atoms with E-state index in [1.165, 1.54) is 199 Å². The van der Waals surface area contributed by atoms with Crippen LogP contribution in [0.5, 0.6) is 0 Å². The van der Waals surface area contributed by atoms with Gasteiger partial charge in [-0.1, -0.05) is 241 Å². The summed E-state index contributed by atoms with van der Waals surface area (Å²) >= 11 is 0. The van der Waals surface area contributed by atoms with Crippen molar-refractivity contribution in [2.75, 3.05) is 0 Å². The maximum atomic E-state index is 2.52. The first-order valence-corrected chi connectivity index (χ1v) is 20.0. The average Bonchev–Trinajstić information content (AvgIpc) is 2.95. The molecule has 0 aromatic carbocycles. The Morgan fingerprint density at radius 1 is 0.220 bits per heavy atom. The van der Waals surface area contributed by atoms with Gasteiger partial charge in [0, 0.05) is 0 Å². The van der Waals surface area contributed by atoms with Gasteiger partial charge in [0.05, 0.1) is 0 Å². The third kappa shape index (κ3) is 32.7. The molecule has 0 N–H and O–H groups in total. The van der Waals surface area contributed by atoms with Crippen LogP contribution in [0.15, 0.2) is 0 Å². The maximum absolute atomic E-state index is 2.52. The Morgan fingerprint density at radius 2 is 0.390 bits per heavy atom. The molecule has 0 heteroatoms. The van der Waals surface area contributed by atoms with E-state index in [1.54, 1.807) is 0 Å². The van der Waals surface area contributed by atoms with Gasteiger partial charge in [0.1, 0.15) is 0 Å². The summed E-state index contributed by atoms with van der Waals surface area (Å²) in [4.78, 5) is 0. The van der Waals surface area contributed by atoms with Crippen LogP contribution in [-0.2, 0) is 0 Å². The second-order valence-electron chi connectivity index (χ2n) is 15.2. The topological polar surface area (TPSA) is 0 Å². The fourth-order valence-electron chi connectivity index (χ4n) is 6.98. The molecule has 41 heavy (non-hydrogen) atoms. The van der Waals surface area contributed by atoms with Crippen molar-refractivity contribution >= 4 is 0 Å². The Kier molecular flexibility index (Phi) is 32.9. The first-order valence-electron chi connectivity index (χ1n) is 20.0. The van der Waals surface area contributed by atoms with Crippen LogP contribution in [0.2, 0.25) is 0 Å². The lowest BCUT2D eigenvalue weighted by atomic mass is 9.90. The maximum Gasteiger partial charge on any atom is -0.0443 e. The minimum atomic E-state index is 0.939. The minimum absolute atomic E-state index is 0.939. The van der Waals surface area contributed by atoms with Gasteiger partial charge in [-0.05, 0) is 23.7 Å². The minimum Gasteiger partial charge on any atom is -0.0654 e. The fraction of sp³-hybridized carbons (Fsp3) is 1.00. The Hall–Kier alpha value is 0. The molecule has 0 heterocycles. The molecule has 0 rings (SSSR count). The summed E-state index contributed by atoms with van der Waals surface area (Å²) in [7, 11) is 0. The van der Waals surface area contributed by atoms with Gasteiger partial charge in [0.25, 0.3) is 0 Å². The van der Waals surface area contributed by atoms with Crippen LogP contribution in [0.25, 0.3) is 0 Å². The average molecular weight is 577 g/mol. The Morgan fingerprint density at radius 3 is 0.634 bits per heavy atom.